The molecule has 0 fully saturated rings. The van der Waals surface area contributed by atoms with Gasteiger partial charge in [-0.05, 0) is 92.9 Å². The van der Waals surface area contributed by atoms with Gasteiger partial charge in [-0.1, -0.05) is 145 Å². The quantitative estimate of drug-likeness (QED) is 0.179. The molecule has 0 saturated heterocycles. The van der Waals surface area contributed by atoms with E-state index in [2.05, 4.69) is 191 Å². The van der Waals surface area contributed by atoms with Gasteiger partial charge in [0.2, 0.25) is 0 Å². The minimum absolute atomic E-state index is 0.0555. The molecule has 0 spiro atoms. The molecule has 2 nitrogen and oxygen atoms in total. The van der Waals surface area contributed by atoms with E-state index in [-0.39, 0.29) is 22.2 Å². The van der Waals surface area contributed by atoms with Crippen molar-refractivity contribution < 1.29 is 0 Å². The lowest BCUT2D eigenvalue weighted by Gasteiger charge is -2.42. The lowest BCUT2D eigenvalue weighted by Crippen LogP contribution is -2.33. The van der Waals surface area contributed by atoms with Crippen molar-refractivity contribution in [2.24, 2.45) is 0 Å². The average molecular weight is 685 g/mol. The number of fused-ring (bicyclic) bond motifs is 4. The first kappa shape index (κ1) is 31.0. The summed E-state index contributed by atoms with van der Waals surface area (Å²) in [5.41, 5.74) is 20.2. The van der Waals surface area contributed by atoms with Crippen LogP contribution in [0.2, 0.25) is 0 Å². The summed E-state index contributed by atoms with van der Waals surface area (Å²) in [4.78, 5) is 2.45. The van der Waals surface area contributed by atoms with Crippen LogP contribution < -0.4 is 4.90 Å². The van der Waals surface area contributed by atoms with Crippen molar-refractivity contribution in [1.29, 1.82) is 0 Å². The van der Waals surface area contributed by atoms with Crippen LogP contribution in [-0.2, 0) is 16.2 Å². The minimum Gasteiger partial charge on any atom is -0.311 e. The maximum absolute atomic E-state index is 2.63. The normalized spacial score (nSPS) is 19.0. The molecule has 3 heterocycles. The maximum atomic E-state index is 2.63. The monoisotopic (exact) mass is 684 g/mol. The van der Waals surface area contributed by atoms with E-state index >= 15 is 0 Å². The van der Waals surface area contributed by atoms with Crippen molar-refractivity contribution >= 4 is 33.2 Å². The molecule has 53 heavy (non-hydrogen) atoms. The molecule has 11 rings (SSSR count). The van der Waals surface area contributed by atoms with Crippen LogP contribution in [0.5, 0.6) is 0 Å². The lowest BCUT2D eigenvalue weighted by atomic mass is 9.68. The van der Waals surface area contributed by atoms with Gasteiger partial charge in [0.25, 0.3) is 0 Å². The summed E-state index contributed by atoms with van der Waals surface area (Å²) in [6.07, 6.45) is 8.24. The molecule has 0 N–H and O–H groups in total. The van der Waals surface area contributed by atoms with E-state index < -0.39 is 0 Å². The zero-order valence-electron chi connectivity index (χ0n) is 31.5. The molecule has 0 radical (unpaired) electrons. The Morgan fingerprint density at radius 1 is 0.528 bits per heavy atom. The van der Waals surface area contributed by atoms with Gasteiger partial charge >= 0.3 is 0 Å². The van der Waals surface area contributed by atoms with E-state index in [9.17, 15) is 0 Å². The summed E-state index contributed by atoms with van der Waals surface area (Å²) >= 11 is 0. The fraction of sp³-hybridized carbons (Fsp3) is 0.216. The molecule has 1 atom stereocenters. The molecular formula is C51H44N2. The fourth-order valence-electron chi connectivity index (χ4n) is 10.6. The van der Waals surface area contributed by atoms with E-state index in [1.165, 1.54) is 94.6 Å². The molecule has 0 amide bonds. The van der Waals surface area contributed by atoms with Crippen molar-refractivity contribution in [1.82, 2.24) is 4.57 Å². The van der Waals surface area contributed by atoms with Crippen molar-refractivity contribution in [2.45, 2.75) is 70.1 Å². The van der Waals surface area contributed by atoms with Crippen LogP contribution in [-0.4, -0.2) is 4.57 Å². The number of hydrogen-bond donors (Lipinski definition) is 0. The SMILES string of the molecule is CC1(C)c2ccccc2-c2ccc(N(C3=CCC(c4cc5c6c(c4)c4cccc7c4n6-c4c(cccc4C5(C)C)C7(C)C)C=C3)c3ccccc3)cc21. The summed E-state index contributed by atoms with van der Waals surface area (Å²) in [5, 5.41) is 2.76. The van der Waals surface area contributed by atoms with E-state index in [0.717, 1.165) is 6.42 Å². The number of hydrogen-bond acceptors (Lipinski definition) is 1. The van der Waals surface area contributed by atoms with Crippen LogP contribution in [0.4, 0.5) is 11.4 Å². The molecule has 0 saturated carbocycles. The van der Waals surface area contributed by atoms with Crippen molar-refractivity contribution in [3.63, 3.8) is 0 Å². The Morgan fingerprint density at radius 3 is 1.94 bits per heavy atom. The number of allylic oxidation sites excluding steroid dienone is 3. The second kappa shape index (κ2) is 10.3. The highest BCUT2D eigenvalue weighted by atomic mass is 15.1. The standard InChI is InChI=1S/C51H44N2/c1-49(2)40-18-11-10-16-36(40)37-27-26-35(30-44(37)49)52(33-14-8-7-9-15-33)34-24-22-31(23-25-34)32-28-39-38-17-12-19-41-46(38)53-47(39)45(29-32)51(5,6)43-21-13-20-42(48(43)53)50(41,3)4/h7-22,24-31H,23H2,1-6H3. The largest absolute Gasteiger partial charge is 0.311 e. The lowest BCUT2D eigenvalue weighted by molar-refractivity contribution is 0.593. The summed E-state index contributed by atoms with van der Waals surface area (Å²) < 4.78 is 2.63. The van der Waals surface area contributed by atoms with Gasteiger partial charge in [-0.15, -0.1) is 0 Å². The number of rotatable bonds is 4. The molecule has 258 valence electrons. The molecule has 2 aliphatic carbocycles. The van der Waals surface area contributed by atoms with Gasteiger partial charge in [-0.2, -0.15) is 0 Å². The zero-order chi connectivity index (χ0) is 36.0. The van der Waals surface area contributed by atoms with Crippen LogP contribution in [0.25, 0.3) is 38.6 Å². The Kier molecular flexibility index (Phi) is 6.01. The Labute approximate surface area is 312 Å². The predicted octanol–water partition coefficient (Wildman–Crippen LogP) is 13.1. The second-order valence-electron chi connectivity index (χ2n) is 17.4. The number of anilines is 2. The van der Waals surface area contributed by atoms with Gasteiger partial charge in [0.05, 0.1) is 16.7 Å². The molecule has 2 aliphatic heterocycles. The van der Waals surface area contributed by atoms with Crippen molar-refractivity contribution in [3.8, 4) is 16.8 Å². The highest BCUT2D eigenvalue weighted by Crippen LogP contribution is 2.56. The summed E-state index contributed by atoms with van der Waals surface area (Å²) in [6, 6.07) is 45.9. The number of nitrogens with zero attached hydrogens (tertiary/aromatic N) is 2. The first-order valence-corrected chi connectivity index (χ1v) is 19.3. The molecular weight excluding hydrogens is 641 g/mol. The van der Waals surface area contributed by atoms with E-state index in [4.69, 9.17) is 0 Å². The topological polar surface area (TPSA) is 8.17 Å². The van der Waals surface area contributed by atoms with E-state index in [1.54, 1.807) is 0 Å². The molecule has 4 aliphatic rings. The molecule has 6 aromatic carbocycles. The number of para-hydroxylation sites is 3. The van der Waals surface area contributed by atoms with Gasteiger partial charge in [-0.3, -0.25) is 0 Å². The molecule has 1 aromatic heterocycles. The number of benzene rings is 6. The Hall–Kier alpha value is -5.60. The van der Waals surface area contributed by atoms with Crippen LogP contribution in [0.3, 0.4) is 0 Å². The minimum atomic E-state index is -0.123. The summed E-state index contributed by atoms with van der Waals surface area (Å²) in [5.74, 6) is 0.289. The second-order valence-corrected chi connectivity index (χ2v) is 17.4. The predicted molar refractivity (Wildman–Crippen MR) is 222 cm³/mol. The number of aromatic nitrogens is 1. The first-order valence-electron chi connectivity index (χ1n) is 19.3. The zero-order valence-corrected chi connectivity index (χ0v) is 31.5. The van der Waals surface area contributed by atoms with E-state index in [0.29, 0.717) is 0 Å². The van der Waals surface area contributed by atoms with Crippen LogP contribution in [0.1, 0.15) is 92.8 Å². The van der Waals surface area contributed by atoms with Crippen LogP contribution >= 0.6 is 0 Å². The molecule has 1 unspecified atom stereocenters. The maximum Gasteiger partial charge on any atom is 0.0582 e. The highest BCUT2D eigenvalue weighted by molar-refractivity contribution is 6.14. The molecule has 2 heteroatoms. The van der Waals surface area contributed by atoms with Crippen LogP contribution in [0.15, 0.2) is 145 Å². The van der Waals surface area contributed by atoms with Crippen molar-refractivity contribution in [3.05, 3.63) is 184 Å². The third kappa shape index (κ3) is 3.94. The third-order valence-corrected chi connectivity index (χ3v) is 13.5. The van der Waals surface area contributed by atoms with Gasteiger partial charge in [-0.25, -0.2) is 0 Å². The first-order chi connectivity index (χ1) is 25.6. The average Bonchev–Trinajstić information content (AvgIpc) is 3.63. The van der Waals surface area contributed by atoms with Gasteiger partial charge in [0.15, 0.2) is 0 Å². The van der Waals surface area contributed by atoms with Gasteiger partial charge in [0, 0.05) is 50.0 Å². The van der Waals surface area contributed by atoms with Gasteiger partial charge < -0.3 is 9.47 Å². The molecule has 0 bridgehead atoms. The third-order valence-electron chi connectivity index (χ3n) is 13.5. The summed E-state index contributed by atoms with van der Waals surface area (Å²) in [6.45, 7) is 14.4. The van der Waals surface area contributed by atoms with E-state index in [1.807, 2.05) is 0 Å². The summed E-state index contributed by atoms with van der Waals surface area (Å²) in [7, 11) is 0. The Bertz CT molecular complexity index is 2780. The molecule has 7 aromatic rings. The van der Waals surface area contributed by atoms with Crippen molar-refractivity contribution in [2.75, 3.05) is 4.90 Å². The Balaban J connectivity index is 1.03. The fourth-order valence-corrected chi connectivity index (χ4v) is 10.6. The van der Waals surface area contributed by atoms with Crippen LogP contribution in [0, 0.1) is 0 Å². The smallest absolute Gasteiger partial charge is 0.0582 e. The Morgan fingerprint density at radius 2 is 1.17 bits per heavy atom. The van der Waals surface area contributed by atoms with Gasteiger partial charge in [0.1, 0.15) is 0 Å². The highest BCUT2D eigenvalue weighted by Gasteiger charge is 2.43.